The maximum Gasteiger partial charge on any atom is 2.00 e. The van der Waals surface area contributed by atoms with E-state index in [-0.39, 0.29) is 52.2 Å². The van der Waals surface area contributed by atoms with Crippen LogP contribution in [0.1, 0.15) is 27.7 Å². The first-order chi connectivity index (χ1) is 8.00. The van der Waals surface area contributed by atoms with Crippen molar-refractivity contribution in [1.29, 1.82) is 0 Å². The average Bonchev–Trinajstić information content (AvgIpc) is 2.28. The minimum atomic E-state index is -2.38. The van der Waals surface area contributed by atoms with Gasteiger partial charge in [-0.3, -0.25) is 0 Å². The topological polar surface area (TPSA) is 18.5 Å². The van der Waals surface area contributed by atoms with Crippen molar-refractivity contribution in [2.75, 3.05) is 0 Å². The average molecular weight is 356 g/mol. The van der Waals surface area contributed by atoms with Crippen LogP contribution < -0.4 is 22.2 Å². The summed E-state index contributed by atoms with van der Waals surface area (Å²) in [5, 5.41) is 1.16. The molecule has 0 saturated carbocycles. The Morgan fingerprint density at radius 3 is 1.74 bits per heavy atom. The Balaban J connectivity index is 0. The van der Waals surface area contributed by atoms with E-state index >= 15 is 0 Å². The second-order valence-corrected chi connectivity index (χ2v) is 7.76. The van der Waals surface area contributed by atoms with Crippen molar-refractivity contribution in [3.05, 3.63) is 37.3 Å². The first kappa shape index (κ1) is 21.9. The molecular weight excluding hydrogens is 332 g/mol. The van der Waals surface area contributed by atoms with E-state index in [1.165, 1.54) is 0 Å². The third-order valence-electron chi connectivity index (χ3n) is 2.39. The standard InChI is InChI=1S/C14H23O2Si.BrH.Mg/c1-6-17(15-12(2)3,16-13(4)5)14-10-8-7-9-11-14;;/h7-13H,1,6H2,2-5H3;1H;/q-1;;+2/p-1. The zero-order valence-corrected chi connectivity index (χ0v) is 16.4. The molecule has 0 heterocycles. The van der Waals surface area contributed by atoms with E-state index in [9.17, 15) is 0 Å². The third kappa shape index (κ3) is 6.73. The summed E-state index contributed by atoms with van der Waals surface area (Å²) in [6.07, 6.45) is 0.310. The van der Waals surface area contributed by atoms with Crippen LogP contribution in [0.25, 0.3) is 0 Å². The predicted octanol–water partition coefficient (Wildman–Crippen LogP) is -0.357. The van der Waals surface area contributed by atoms with Gasteiger partial charge >= 0.3 is 31.6 Å². The molecule has 1 aromatic rings. The van der Waals surface area contributed by atoms with Crippen LogP contribution in [-0.2, 0) is 8.85 Å². The van der Waals surface area contributed by atoms with Crippen LogP contribution in [0.3, 0.4) is 0 Å². The van der Waals surface area contributed by atoms with Gasteiger partial charge in [-0.1, -0.05) is 30.3 Å². The number of halogens is 1. The molecule has 1 rings (SSSR count). The Morgan fingerprint density at radius 1 is 1.00 bits per heavy atom. The summed E-state index contributed by atoms with van der Waals surface area (Å²) in [5.41, 5.74) is 0. The van der Waals surface area contributed by atoms with Gasteiger partial charge in [0.15, 0.2) is 0 Å². The van der Waals surface area contributed by atoms with E-state index in [4.69, 9.17) is 8.85 Å². The summed E-state index contributed by atoms with van der Waals surface area (Å²) in [6, 6.07) is 10.9. The summed E-state index contributed by atoms with van der Waals surface area (Å²) >= 11 is 0. The van der Waals surface area contributed by atoms with Gasteiger partial charge in [0, 0.05) is 12.2 Å². The monoisotopic (exact) mass is 354 g/mol. The van der Waals surface area contributed by atoms with Crippen LogP contribution in [0.2, 0.25) is 6.04 Å². The summed E-state index contributed by atoms with van der Waals surface area (Å²) in [7, 11) is -2.38. The second kappa shape index (κ2) is 10.3. The van der Waals surface area contributed by atoms with Gasteiger partial charge in [0.2, 0.25) is 0 Å². The van der Waals surface area contributed by atoms with Crippen LogP contribution in [0.15, 0.2) is 30.3 Å². The molecule has 0 aliphatic carbocycles. The molecular formula is C14H23BrMgO2Si. The Bertz CT molecular complexity index is 323. The Morgan fingerprint density at radius 2 is 1.42 bits per heavy atom. The van der Waals surface area contributed by atoms with Crippen molar-refractivity contribution in [1.82, 2.24) is 0 Å². The van der Waals surface area contributed by atoms with Crippen molar-refractivity contribution in [3.8, 4) is 0 Å². The van der Waals surface area contributed by atoms with E-state index in [1.54, 1.807) is 0 Å². The normalized spacial score (nSPS) is 11.1. The molecule has 2 nitrogen and oxygen atoms in total. The summed E-state index contributed by atoms with van der Waals surface area (Å²) in [4.78, 5) is 0. The molecule has 5 heteroatoms. The zero-order chi connectivity index (χ0) is 12.9. The second-order valence-electron chi connectivity index (χ2n) is 4.70. The van der Waals surface area contributed by atoms with Gasteiger partial charge in [-0.05, 0) is 32.9 Å². The zero-order valence-electron chi connectivity index (χ0n) is 12.4. The molecule has 0 aromatic heterocycles. The van der Waals surface area contributed by atoms with Gasteiger partial charge in [-0.15, -0.1) is 6.04 Å². The molecule has 0 atom stereocenters. The molecule has 0 bridgehead atoms. The van der Waals surface area contributed by atoms with Crippen LogP contribution in [0, 0.1) is 6.92 Å². The van der Waals surface area contributed by atoms with Gasteiger partial charge in [0.25, 0.3) is 0 Å². The molecule has 0 aliphatic heterocycles. The minimum absolute atomic E-state index is 0. The van der Waals surface area contributed by atoms with E-state index in [0.717, 1.165) is 5.19 Å². The molecule has 0 radical (unpaired) electrons. The third-order valence-corrected chi connectivity index (χ3v) is 5.97. The molecule has 0 spiro atoms. The fourth-order valence-electron chi connectivity index (χ4n) is 1.88. The smallest absolute Gasteiger partial charge is 1.00 e. The number of rotatable bonds is 6. The van der Waals surface area contributed by atoms with Gasteiger partial charge in [0.1, 0.15) is 0 Å². The van der Waals surface area contributed by atoms with Crippen LogP contribution in [-0.4, -0.2) is 43.8 Å². The van der Waals surface area contributed by atoms with Crippen molar-refractivity contribution >= 4 is 36.8 Å². The molecule has 104 valence electrons. The molecule has 0 saturated heterocycles. The van der Waals surface area contributed by atoms with E-state index in [0.29, 0.717) is 6.04 Å². The van der Waals surface area contributed by atoms with Crippen LogP contribution in [0.5, 0.6) is 0 Å². The SMILES string of the molecule is [Br-].[CH2-]C[Si](OC(C)C)(OC(C)C)c1ccccc1.[Mg+2]. The summed E-state index contributed by atoms with van der Waals surface area (Å²) < 4.78 is 12.3. The Hall–Kier alpha value is 0.603. The Labute approximate surface area is 145 Å². The summed E-state index contributed by atoms with van der Waals surface area (Å²) in [5.74, 6) is 0. The maximum absolute atomic E-state index is 6.14. The number of hydrogen-bond acceptors (Lipinski definition) is 2. The predicted molar refractivity (Wildman–Crippen MR) is 80.2 cm³/mol. The van der Waals surface area contributed by atoms with Gasteiger partial charge in [0.05, 0.1) is 0 Å². The molecule has 0 unspecified atom stereocenters. The van der Waals surface area contributed by atoms with Crippen molar-refractivity contribution in [2.24, 2.45) is 0 Å². The number of benzene rings is 1. The quantitative estimate of drug-likeness (QED) is 0.513. The fourth-order valence-corrected chi connectivity index (χ4v) is 4.96. The van der Waals surface area contributed by atoms with E-state index < -0.39 is 8.56 Å². The van der Waals surface area contributed by atoms with Crippen molar-refractivity contribution in [2.45, 2.75) is 45.9 Å². The first-order valence-corrected chi connectivity index (χ1v) is 8.23. The molecule has 0 fully saturated rings. The molecule has 1 aromatic carbocycles. The molecule has 0 amide bonds. The largest absolute Gasteiger partial charge is 2.00 e. The van der Waals surface area contributed by atoms with E-state index in [2.05, 4.69) is 19.1 Å². The van der Waals surface area contributed by atoms with Crippen LogP contribution in [0.4, 0.5) is 0 Å². The molecule has 0 aliphatic rings. The van der Waals surface area contributed by atoms with Gasteiger partial charge in [-0.25, -0.2) is 0 Å². The Kier molecular flexibility index (Phi) is 11.9. The maximum atomic E-state index is 6.14. The molecule has 0 N–H and O–H groups in total. The first-order valence-electron chi connectivity index (χ1n) is 6.20. The fraction of sp³-hybridized carbons (Fsp3) is 0.500. The van der Waals surface area contributed by atoms with Crippen LogP contribution >= 0.6 is 0 Å². The van der Waals surface area contributed by atoms with E-state index in [1.807, 2.05) is 45.9 Å². The minimum Gasteiger partial charge on any atom is -1.00 e. The van der Waals surface area contributed by atoms with Gasteiger partial charge in [-0.2, -0.15) is 0 Å². The van der Waals surface area contributed by atoms with Crippen molar-refractivity contribution < 1.29 is 25.8 Å². The molecule has 19 heavy (non-hydrogen) atoms. The van der Waals surface area contributed by atoms with Crippen molar-refractivity contribution in [3.63, 3.8) is 0 Å². The number of hydrogen-bond donors (Lipinski definition) is 0. The summed E-state index contributed by atoms with van der Waals surface area (Å²) in [6.45, 7) is 12.2. The van der Waals surface area contributed by atoms with Gasteiger partial charge < -0.3 is 32.8 Å².